The molecule has 1 amide bonds. The van der Waals surface area contributed by atoms with Gasteiger partial charge in [0.15, 0.2) is 0 Å². The van der Waals surface area contributed by atoms with Crippen molar-refractivity contribution in [1.82, 2.24) is 10.3 Å². The second-order valence-electron chi connectivity index (χ2n) is 5.40. The second-order valence-corrected chi connectivity index (χ2v) is 6.29. The number of aromatic nitrogens is 1. The molecule has 1 aromatic heterocycles. The maximum Gasteiger partial charge on any atom is 0.223 e. The summed E-state index contributed by atoms with van der Waals surface area (Å²) in [7, 11) is 1.67. The van der Waals surface area contributed by atoms with Crippen molar-refractivity contribution >= 4 is 42.1 Å². The van der Waals surface area contributed by atoms with Crippen LogP contribution in [-0.4, -0.2) is 24.0 Å². The lowest BCUT2D eigenvalue weighted by molar-refractivity contribution is -0.126. The molecule has 2 rings (SSSR count). The minimum Gasteiger partial charge on any atom is -0.375 e. The van der Waals surface area contributed by atoms with Crippen LogP contribution < -0.4 is 11.1 Å². The molecule has 0 radical (unpaired) electrons. The van der Waals surface area contributed by atoms with E-state index >= 15 is 0 Å². The number of methoxy groups -OCH3 is 1. The highest BCUT2D eigenvalue weighted by Gasteiger charge is 2.25. The van der Waals surface area contributed by atoms with Gasteiger partial charge in [-0.25, -0.2) is 4.98 Å². The molecule has 3 atom stereocenters. The lowest BCUT2D eigenvalue weighted by atomic mass is 9.85. The van der Waals surface area contributed by atoms with Crippen LogP contribution in [0.25, 0.3) is 0 Å². The molecule has 0 spiro atoms. The molecule has 0 saturated heterocycles. The minimum atomic E-state index is 0. The van der Waals surface area contributed by atoms with Gasteiger partial charge in [-0.15, -0.1) is 36.2 Å². The number of hydrogen-bond donors (Lipinski definition) is 2. The van der Waals surface area contributed by atoms with Gasteiger partial charge in [0.1, 0.15) is 11.1 Å². The van der Waals surface area contributed by atoms with Crippen LogP contribution in [0.5, 0.6) is 0 Å². The van der Waals surface area contributed by atoms with Crippen molar-refractivity contribution in [2.45, 2.75) is 51.3 Å². The van der Waals surface area contributed by atoms with Gasteiger partial charge in [0.05, 0.1) is 12.2 Å². The fourth-order valence-electron chi connectivity index (χ4n) is 2.48. The summed E-state index contributed by atoms with van der Waals surface area (Å²) < 4.78 is 5.23. The van der Waals surface area contributed by atoms with Crippen molar-refractivity contribution < 1.29 is 9.53 Å². The Kier molecular flexibility index (Phi) is 10.2. The first-order valence-corrected chi connectivity index (χ1v) is 7.98. The number of halogens is 2. The molecular formula is C14H25Cl2N3O2S. The average molecular weight is 370 g/mol. The van der Waals surface area contributed by atoms with Gasteiger partial charge >= 0.3 is 0 Å². The first kappa shape index (κ1) is 21.6. The Labute approximate surface area is 148 Å². The Balaban J connectivity index is 0.00000220. The highest BCUT2D eigenvalue weighted by Crippen LogP contribution is 2.23. The summed E-state index contributed by atoms with van der Waals surface area (Å²) in [6.07, 6.45) is 3.83. The highest BCUT2D eigenvalue weighted by atomic mass is 35.5. The van der Waals surface area contributed by atoms with E-state index in [1.807, 2.05) is 12.3 Å². The zero-order valence-corrected chi connectivity index (χ0v) is 15.4. The van der Waals surface area contributed by atoms with Crippen LogP contribution in [0, 0.1) is 5.92 Å². The molecular weight excluding hydrogens is 345 g/mol. The Morgan fingerprint density at radius 1 is 1.55 bits per heavy atom. The van der Waals surface area contributed by atoms with E-state index in [1.54, 1.807) is 18.4 Å². The van der Waals surface area contributed by atoms with Gasteiger partial charge < -0.3 is 15.8 Å². The number of nitrogens with two attached hydrogens (primary N) is 1. The number of thiazole rings is 1. The Bertz CT molecular complexity index is 459. The molecule has 1 saturated carbocycles. The summed E-state index contributed by atoms with van der Waals surface area (Å²) in [5, 5.41) is 5.88. The molecule has 1 aromatic rings. The summed E-state index contributed by atoms with van der Waals surface area (Å²) in [4.78, 5) is 16.6. The molecule has 8 heteroatoms. The van der Waals surface area contributed by atoms with Gasteiger partial charge in [0, 0.05) is 24.4 Å². The van der Waals surface area contributed by atoms with E-state index in [-0.39, 0.29) is 48.8 Å². The quantitative estimate of drug-likeness (QED) is 0.836. The van der Waals surface area contributed by atoms with Crippen LogP contribution in [0.4, 0.5) is 0 Å². The molecule has 1 fully saturated rings. The van der Waals surface area contributed by atoms with Crippen molar-refractivity contribution in [3.05, 3.63) is 16.1 Å². The van der Waals surface area contributed by atoms with Crippen molar-refractivity contribution in [2.24, 2.45) is 11.7 Å². The highest BCUT2D eigenvalue weighted by molar-refractivity contribution is 7.09. The first-order chi connectivity index (χ1) is 9.60. The zero-order valence-electron chi connectivity index (χ0n) is 12.9. The molecule has 1 aliphatic carbocycles. The van der Waals surface area contributed by atoms with E-state index < -0.39 is 0 Å². The number of ether oxygens (including phenoxy) is 1. The average Bonchev–Trinajstić information content (AvgIpc) is 2.92. The van der Waals surface area contributed by atoms with Crippen molar-refractivity contribution in [1.29, 1.82) is 0 Å². The lowest BCUT2D eigenvalue weighted by Gasteiger charge is -2.25. The standard InChI is InChI=1S/C14H23N3O2S.2ClH/c1-9(19-2)14-17-12(8-20-14)7-16-13(18)10-4-3-5-11(15)6-10;;/h8-11H,3-7,15H2,1-2H3,(H,16,18);2*1H. The third-order valence-corrected chi connectivity index (χ3v) is 4.85. The van der Waals surface area contributed by atoms with E-state index in [0.29, 0.717) is 6.54 Å². The monoisotopic (exact) mass is 369 g/mol. The predicted molar refractivity (Wildman–Crippen MR) is 93.8 cm³/mol. The fraction of sp³-hybridized carbons (Fsp3) is 0.714. The number of carbonyl (C=O) groups excluding carboxylic acids is 1. The first-order valence-electron chi connectivity index (χ1n) is 7.10. The molecule has 1 heterocycles. The second kappa shape index (κ2) is 10.4. The maximum absolute atomic E-state index is 12.1. The Morgan fingerprint density at radius 3 is 2.91 bits per heavy atom. The summed E-state index contributed by atoms with van der Waals surface area (Å²) in [6, 6.07) is 0.174. The number of hydrogen-bond acceptors (Lipinski definition) is 5. The largest absolute Gasteiger partial charge is 0.375 e. The summed E-state index contributed by atoms with van der Waals surface area (Å²) in [5.41, 5.74) is 6.81. The summed E-state index contributed by atoms with van der Waals surface area (Å²) >= 11 is 1.56. The molecule has 128 valence electrons. The van der Waals surface area contributed by atoms with Gasteiger partial charge in [0.2, 0.25) is 5.91 Å². The van der Waals surface area contributed by atoms with E-state index in [2.05, 4.69) is 10.3 Å². The van der Waals surface area contributed by atoms with Crippen LogP contribution >= 0.6 is 36.2 Å². The molecule has 3 N–H and O–H groups in total. The molecule has 1 aliphatic rings. The maximum atomic E-state index is 12.1. The summed E-state index contributed by atoms with van der Waals surface area (Å²) in [6.45, 7) is 2.45. The fourth-order valence-corrected chi connectivity index (χ4v) is 3.33. The van der Waals surface area contributed by atoms with E-state index in [4.69, 9.17) is 10.5 Å². The molecule has 0 aromatic carbocycles. The lowest BCUT2D eigenvalue weighted by Crippen LogP contribution is -2.37. The molecule has 0 aliphatic heterocycles. The van der Waals surface area contributed by atoms with E-state index in [1.165, 1.54) is 0 Å². The van der Waals surface area contributed by atoms with Gasteiger partial charge in [-0.2, -0.15) is 0 Å². The SMILES string of the molecule is COC(C)c1nc(CNC(=O)C2CCCC(N)C2)cs1.Cl.Cl. The number of carbonyl (C=O) groups is 1. The predicted octanol–water partition coefficient (Wildman–Crippen LogP) is 2.83. The van der Waals surface area contributed by atoms with Crippen LogP contribution in [0.2, 0.25) is 0 Å². The van der Waals surface area contributed by atoms with Crippen molar-refractivity contribution in [2.75, 3.05) is 7.11 Å². The topological polar surface area (TPSA) is 77.2 Å². The Morgan fingerprint density at radius 2 is 2.27 bits per heavy atom. The van der Waals surface area contributed by atoms with E-state index in [0.717, 1.165) is 36.4 Å². The minimum absolute atomic E-state index is 0. The molecule has 5 nitrogen and oxygen atoms in total. The van der Waals surface area contributed by atoms with Crippen LogP contribution in [0.15, 0.2) is 5.38 Å². The number of nitrogens with one attached hydrogen (secondary N) is 1. The summed E-state index contributed by atoms with van der Waals surface area (Å²) in [5.74, 6) is 0.171. The molecule has 3 unspecified atom stereocenters. The molecule has 22 heavy (non-hydrogen) atoms. The van der Waals surface area contributed by atoms with Crippen molar-refractivity contribution in [3.63, 3.8) is 0 Å². The van der Waals surface area contributed by atoms with E-state index in [9.17, 15) is 4.79 Å². The van der Waals surface area contributed by atoms with Gasteiger partial charge in [-0.1, -0.05) is 6.42 Å². The van der Waals surface area contributed by atoms with Crippen LogP contribution in [0.1, 0.15) is 49.4 Å². The van der Waals surface area contributed by atoms with Gasteiger partial charge in [-0.05, 0) is 26.2 Å². The normalized spacial score (nSPS) is 22.1. The Hall–Kier alpha value is -0.400. The van der Waals surface area contributed by atoms with Crippen molar-refractivity contribution in [3.8, 4) is 0 Å². The molecule has 0 bridgehead atoms. The zero-order chi connectivity index (χ0) is 14.5. The smallest absolute Gasteiger partial charge is 0.223 e. The van der Waals surface area contributed by atoms with Gasteiger partial charge in [-0.3, -0.25) is 4.79 Å². The number of nitrogens with zero attached hydrogens (tertiary/aromatic N) is 1. The van der Waals surface area contributed by atoms with Gasteiger partial charge in [0.25, 0.3) is 0 Å². The number of rotatable bonds is 5. The third-order valence-electron chi connectivity index (χ3n) is 3.80. The number of amides is 1. The van der Waals surface area contributed by atoms with Crippen LogP contribution in [-0.2, 0) is 16.1 Å². The van der Waals surface area contributed by atoms with Crippen LogP contribution in [0.3, 0.4) is 0 Å². The third kappa shape index (κ3) is 6.01.